The molecule has 2 aromatic heterocycles. The lowest BCUT2D eigenvalue weighted by molar-refractivity contribution is -0.140. The van der Waals surface area contributed by atoms with E-state index in [-0.39, 0.29) is 22.9 Å². The topological polar surface area (TPSA) is 72.5 Å². The largest absolute Gasteiger partial charge is 0.435 e. The van der Waals surface area contributed by atoms with Gasteiger partial charge >= 0.3 is 6.18 Å². The predicted molar refractivity (Wildman–Crippen MR) is 58.8 cm³/mol. The number of H-pyrrole nitrogens is 1. The highest BCUT2D eigenvalue weighted by molar-refractivity contribution is 5.89. The van der Waals surface area contributed by atoms with Crippen LogP contribution in [0.3, 0.4) is 0 Å². The lowest BCUT2D eigenvalue weighted by Gasteiger charge is -2.09. The number of alkyl halides is 3. The van der Waals surface area contributed by atoms with Crippen LogP contribution < -0.4 is 5.73 Å². The number of nitrogen functional groups attached to an aromatic ring is 1. The second-order valence-corrected chi connectivity index (χ2v) is 4.57. The Labute approximate surface area is 100 Å². The van der Waals surface area contributed by atoms with Gasteiger partial charge in [0.05, 0.1) is 11.4 Å². The summed E-state index contributed by atoms with van der Waals surface area (Å²) in [6.45, 7) is 0. The van der Waals surface area contributed by atoms with Gasteiger partial charge in [0, 0.05) is 0 Å². The standard InChI is InChI=1S/C10H12F3N5/c11-10(12,13)7-6-8(14)15-16-9(6)18(17-7)5-3-1-2-4-5/h5H,1-4H2,(H3,14,15,16). The van der Waals surface area contributed by atoms with Crippen LogP contribution in [0, 0.1) is 0 Å². The molecule has 1 fully saturated rings. The molecule has 0 spiro atoms. The number of nitrogens with two attached hydrogens (primary N) is 1. The Morgan fingerprint density at radius 2 is 1.94 bits per heavy atom. The Morgan fingerprint density at radius 1 is 1.28 bits per heavy atom. The fourth-order valence-electron chi connectivity index (χ4n) is 2.55. The number of rotatable bonds is 1. The molecule has 18 heavy (non-hydrogen) atoms. The van der Waals surface area contributed by atoms with Crippen molar-refractivity contribution in [2.45, 2.75) is 37.9 Å². The molecule has 0 radical (unpaired) electrons. The normalized spacial score (nSPS) is 17.9. The number of anilines is 1. The van der Waals surface area contributed by atoms with Crippen molar-refractivity contribution < 1.29 is 13.2 Å². The molecule has 3 N–H and O–H groups in total. The average Bonchev–Trinajstić information content (AvgIpc) is 2.94. The van der Waals surface area contributed by atoms with Crippen molar-refractivity contribution in [1.29, 1.82) is 0 Å². The van der Waals surface area contributed by atoms with Crippen molar-refractivity contribution in [1.82, 2.24) is 20.0 Å². The maximum absolute atomic E-state index is 12.9. The average molecular weight is 259 g/mol. The molecule has 3 rings (SSSR count). The minimum Gasteiger partial charge on any atom is -0.383 e. The quantitative estimate of drug-likeness (QED) is 0.826. The lowest BCUT2D eigenvalue weighted by atomic mass is 10.2. The molecule has 1 saturated carbocycles. The third-order valence-corrected chi connectivity index (χ3v) is 3.38. The molecule has 98 valence electrons. The zero-order chi connectivity index (χ0) is 12.9. The highest BCUT2D eigenvalue weighted by Crippen LogP contribution is 2.39. The Balaban J connectivity index is 2.21. The molecule has 0 atom stereocenters. The molecule has 1 aliphatic rings. The van der Waals surface area contributed by atoms with Crippen LogP contribution in [-0.2, 0) is 6.18 Å². The summed E-state index contributed by atoms with van der Waals surface area (Å²) in [5.41, 5.74) is 4.77. The Hall–Kier alpha value is -1.73. The van der Waals surface area contributed by atoms with E-state index < -0.39 is 11.9 Å². The Kier molecular flexibility index (Phi) is 2.29. The zero-order valence-electron chi connectivity index (χ0n) is 9.46. The first kappa shape index (κ1) is 11.4. The van der Waals surface area contributed by atoms with Gasteiger partial charge in [0.2, 0.25) is 0 Å². The molecular weight excluding hydrogens is 247 g/mol. The van der Waals surface area contributed by atoms with Gasteiger partial charge in [-0.15, -0.1) is 0 Å². The maximum atomic E-state index is 12.9. The van der Waals surface area contributed by atoms with Crippen LogP contribution in [0.1, 0.15) is 37.4 Å². The van der Waals surface area contributed by atoms with Crippen LogP contribution in [-0.4, -0.2) is 20.0 Å². The van der Waals surface area contributed by atoms with Gasteiger partial charge in [-0.25, -0.2) is 4.68 Å². The summed E-state index contributed by atoms with van der Waals surface area (Å²) in [5, 5.41) is 9.82. The number of aromatic nitrogens is 4. The van der Waals surface area contributed by atoms with Gasteiger partial charge in [-0.2, -0.15) is 23.4 Å². The number of hydrogen-bond donors (Lipinski definition) is 2. The van der Waals surface area contributed by atoms with Crippen molar-refractivity contribution in [2.24, 2.45) is 0 Å². The van der Waals surface area contributed by atoms with Crippen LogP contribution in [0.15, 0.2) is 0 Å². The third kappa shape index (κ3) is 1.55. The van der Waals surface area contributed by atoms with Gasteiger partial charge < -0.3 is 5.73 Å². The van der Waals surface area contributed by atoms with Gasteiger partial charge in [0.1, 0.15) is 5.82 Å². The van der Waals surface area contributed by atoms with E-state index >= 15 is 0 Å². The van der Waals surface area contributed by atoms with Gasteiger partial charge in [-0.1, -0.05) is 12.8 Å². The van der Waals surface area contributed by atoms with E-state index in [1.54, 1.807) is 0 Å². The van der Waals surface area contributed by atoms with Crippen molar-refractivity contribution >= 4 is 16.9 Å². The van der Waals surface area contributed by atoms with E-state index in [1.165, 1.54) is 4.68 Å². The number of nitrogens with zero attached hydrogens (tertiary/aromatic N) is 3. The molecule has 2 aromatic rings. The SMILES string of the molecule is Nc1[nH]nc2c1c(C(F)(F)F)nn2C1CCCC1. The molecule has 0 bridgehead atoms. The smallest absolute Gasteiger partial charge is 0.383 e. The lowest BCUT2D eigenvalue weighted by Crippen LogP contribution is -2.11. The first-order valence-corrected chi connectivity index (χ1v) is 5.77. The van der Waals surface area contributed by atoms with Crippen molar-refractivity contribution in [3.05, 3.63) is 5.69 Å². The predicted octanol–water partition coefficient (Wildman–Crippen LogP) is 2.48. The van der Waals surface area contributed by atoms with E-state index in [0.29, 0.717) is 0 Å². The molecule has 1 aliphatic carbocycles. The zero-order valence-corrected chi connectivity index (χ0v) is 9.46. The number of fused-ring (bicyclic) bond motifs is 1. The van der Waals surface area contributed by atoms with Crippen molar-refractivity contribution in [2.75, 3.05) is 5.73 Å². The van der Waals surface area contributed by atoms with E-state index in [1.807, 2.05) is 0 Å². The van der Waals surface area contributed by atoms with Crippen molar-refractivity contribution in [3.8, 4) is 0 Å². The van der Waals surface area contributed by atoms with Crippen molar-refractivity contribution in [3.63, 3.8) is 0 Å². The van der Waals surface area contributed by atoms with Gasteiger partial charge in [-0.05, 0) is 12.8 Å². The van der Waals surface area contributed by atoms with E-state index in [0.717, 1.165) is 25.7 Å². The molecule has 2 heterocycles. The molecule has 0 amide bonds. The summed E-state index contributed by atoms with van der Waals surface area (Å²) in [5.74, 6) is -0.0819. The summed E-state index contributed by atoms with van der Waals surface area (Å²) in [6.07, 6.45) is -0.831. The molecule has 0 aromatic carbocycles. The summed E-state index contributed by atoms with van der Waals surface area (Å²) in [6, 6.07) is -0.00806. The molecule has 5 nitrogen and oxygen atoms in total. The summed E-state index contributed by atoms with van der Waals surface area (Å²) in [7, 11) is 0. The van der Waals surface area contributed by atoms with E-state index in [2.05, 4.69) is 15.3 Å². The first-order valence-electron chi connectivity index (χ1n) is 5.77. The highest BCUT2D eigenvalue weighted by atomic mass is 19.4. The van der Waals surface area contributed by atoms with E-state index in [9.17, 15) is 13.2 Å². The van der Waals surface area contributed by atoms with E-state index in [4.69, 9.17) is 5.73 Å². The van der Waals surface area contributed by atoms with Crippen LogP contribution in [0.25, 0.3) is 11.0 Å². The molecule has 8 heteroatoms. The summed E-state index contributed by atoms with van der Waals surface area (Å²) < 4.78 is 40.1. The minimum atomic E-state index is -4.51. The first-order chi connectivity index (χ1) is 8.48. The Bertz CT molecular complexity index is 576. The number of hydrogen-bond acceptors (Lipinski definition) is 3. The molecule has 0 aliphatic heterocycles. The van der Waals surface area contributed by atoms with Gasteiger partial charge in [0.15, 0.2) is 11.3 Å². The molecule has 0 unspecified atom stereocenters. The van der Waals surface area contributed by atoms with Crippen LogP contribution in [0.2, 0.25) is 0 Å². The van der Waals surface area contributed by atoms with Crippen LogP contribution >= 0.6 is 0 Å². The van der Waals surface area contributed by atoms with Gasteiger partial charge in [0.25, 0.3) is 0 Å². The van der Waals surface area contributed by atoms with Crippen LogP contribution in [0.4, 0.5) is 19.0 Å². The fourth-order valence-corrected chi connectivity index (χ4v) is 2.55. The second kappa shape index (κ2) is 3.63. The molecular formula is C10H12F3N5. The maximum Gasteiger partial charge on any atom is 0.435 e. The number of nitrogens with one attached hydrogen (secondary N) is 1. The minimum absolute atomic E-state index is 0.00806. The Morgan fingerprint density at radius 3 is 2.56 bits per heavy atom. The third-order valence-electron chi connectivity index (χ3n) is 3.38. The molecule has 0 saturated heterocycles. The van der Waals surface area contributed by atoms with Crippen LogP contribution in [0.5, 0.6) is 0 Å². The fraction of sp³-hybridized carbons (Fsp3) is 0.600. The monoisotopic (exact) mass is 259 g/mol. The number of aromatic amines is 1. The second-order valence-electron chi connectivity index (χ2n) is 4.57. The summed E-state index contributed by atoms with van der Waals surface area (Å²) in [4.78, 5) is 0. The highest BCUT2D eigenvalue weighted by Gasteiger charge is 2.39. The van der Waals surface area contributed by atoms with Gasteiger partial charge in [-0.3, -0.25) is 5.10 Å². The summed E-state index contributed by atoms with van der Waals surface area (Å²) >= 11 is 0. The number of halogens is 3.